The Hall–Kier alpha value is -1.38. The summed E-state index contributed by atoms with van der Waals surface area (Å²) in [7, 11) is 0. The second-order valence-electron chi connectivity index (χ2n) is 4.87. The van der Waals surface area contributed by atoms with Gasteiger partial charge in [0.2, 0.25) is 0 Å². The predicted molar refractivity (Wildman–Crippen MR) is 61.9 cm³/mol. The van der Waals surface area contributed by atoms with E-state index in [1.165, 1.54) is 5.56 Å². The minimum Gasteiger partial charge on any atom is -0.270 e. The fourth-order valence-electron chi connectivity index (χ4n) is 1.54. The summed E-state index contributed by atoms with van der Waals surface area (Å²) >= 11 is 0. The lowest BCUT2D eigenvalue weighted by Crippen LogP contribution is -2.11. The molecule has 0 saturated carbocycles. The molecular weight excluding hydrogens is 186 g/mol. The smallest absolute Gasteiger partial charge is 0.181 e. The van der Waals surface area contributed by atoms with Gasteiger partial charge in [-0.1, -0.05) is 20.8 Å². The van der Waals surface area contributed by atoms with Crippen LogP contribution in [-0.4, -0.2) is 14.8 Å². The van der Waals surface area contributed by atoms with E-state index in [9.17, 15) is 0 Å². The zero-order valence-electron chi connectivity index (χ0n) is 9.78. The maximum Gasteiger partial charge on any atom is 0.181 e. The van der Waals surface area contributed by atoms with E-state index in [1.54, 1.807) is 0 Å². The van der Waals surface area contributed by atoms with Gasteiger partial charge in [0, 0.05) is 24.3 Å². The average Bonchev–Trinajstić information content (AvgIpc) is 2.57. The van der Waals surface area contributed by atoms with Gasteiger partial charge < -0.3 is 0 Å². The van der Waals surface area contributed by atoms with Crippen molar-refractivity contribution >= 4 is 11.0 Å². The highest BCUT2D eigenvalue weighted by Gasteiger charge is 2.15. The zero-order valence-corrected chi connectivity index (χ0v) is 9.78. The third-order valence-corrected chi connectivity index (χ3v) is 2.60. The Bertz CT molecular complexity index is 477. The average molecular weight is 203 g/mol. The highest BCUT2D eigenvalue weighted by Crippen LogP contribution is 2.23. The van der Waals surface area contributed by atoms with Crippen molar-refractivity contribution in [1.29, 1.82) is 0 Å². The van der Waals surface area contributed by atoms with Gasteiger partial charge >= 0.3 is 0 Å². The van der Waals surface area contributed by atoms with E-state index in [2.05, 4.69) is 50.0 Å². The summed E-state index contributed by atoms with van der Waals surface area (Å²) in [6.45, 7) is 9.55. The van der Waals surface area contributed by atoms with Gasteiger partial charge in [0.1, 0.15) is 0 Å². The highest BCUT2D eigenvalue weighted by molar-refractivity contribution is 5.74. The normalized spacial score (nSPS) is 12.3. The molecule has 0 amide bonds. The molecule has 80 valence electrons. The summed E-state index contributed by atoms with van der Waals surface area (Å²) in [5, 5.41) is 5.49. The minimum absolute atomic E-state index is 0.148. The maximum absolute atomic E-state index is 4.38. The van der Waals surface area contributed by atoms with E-state index >= 15 is 0 Å². The van der Waals surface area contributed by atoms with E-state index in [0.29, 0.717) is 0 Å². The van der Waals surface area contributed by atoms with Crippen LogP contribution in [0.3, 0.4) is 0 Å². The Morgan fingerprint density at radius 2 is 2.07 bits per heavy atom. The molecule has 2 rings (SSSR count). The van der Waals surface area contributed by atoms with Crippen LogP contribution in [-0.2, 0) is 12.0 Å². The number of aryl methyl sites for hydroxylation is 1. The molecule has 0 atom stereocenters. The molecular formula is C12H17N3. The summed E-state index contributed by atoms with van der Waals surface area (Å²) in [4.78, 5) is 4.38. The molecule has 0 saturated heterocycles. The van der Waals surface area contributed by atoms with Crippen LogP contribution in [0.1, 0.15) is 33.3 Å². The molecule has 3 nitrogen and oxygen atoms in total. The van der Waals surface area contributed by atoms with Crippen LogP contribution in [0, 0.1) is 0 Å². The van der Waals surface area contributed by atoms with Crippen molar-refractivity contribution in [1.82, 2.24) is 14.8 Å². The summed E-state index contributed by atoms with van der Waals surface area (Å²) in [5.74, 6) is 0. The molecule has 0 spiro atoms. The molecule has 15 heavy (non-hydrogen) atoms. The van der Waals surface area contributed by atoms with E-state index in [0.717, 1.165) is 17.6 Å². The van der Waals surface area contributed by atoms with Crippen molar-refractivity contribution in [3.63, 3.8) is 0 Å². The van der Waals surface area contributed by atoms with Gasteiger partial charge in [-0.2, -0.15) is 5.10 Å². The number of hydrogen-bond acceptors (Lipinski definition) is 2. The molecule has 0 unspecified atom stereocenters. The Morgan fingerprint density at radius 1 is 1.33 bits per heavy atom. The quantitative estimate of drug-likeness (QED) is 0.713. The van der Waals surface area contributed by atoms with Crippen LogP contribution < -0.4 is 0 Å². The van der Waals surface area contributed by atoms with Crippen LogP contribution in [0.4, 0.5) is 0 Å². The first-order chi connectivity index (χ1) is 7.00. The summed E-state index contributed by atoms with van der Waals surface area (Å²) in [6.07, 6.45) is 3.98. The predicted octanol–water partition coefficient (Wildman–Crippen LogP) is 2.75. The standard InChI is InChI=1S/C12H17N3/c1-5-15-8-9-6-10(12(2,3)4)7-13-11(9)14-15/h6-8H,5H2,1-4H3. The Labute approximate surface area is 90.1 Å². The molecule has 2 aromatic rings. The van der Waals surface area contributed by atoms with E-state index in [1.807, 2.05) is 10.9 Å². The number of fused-ring (bicyclic) bond motifs is 1. The van der Waals surface area contributed by atoms with Gasteiger partial charge in [-0.05, 0) is 24.0 Å². The summed E-state index contributed by atoms with van der Waals surface area (Å²) in [6, 6.07) is 2.18. The fourth-order valence-corrected chi connectivity index (χ4v) is 1.54. The van der Waals surface area contributed by atoms with Gasteiger partial charge in [0.15, 0.2) is 5.65 Å². The molecule has 0 N–H and O–H groups in total. The van der Waals surface area contributed by atoms with Gasteiger partial charge in [-0.3, -0.25) is 4.68 Å². The monoisotopic (exact) mass is 203 g/mol. The number of rotatable bonds is 1. The first-order valence-electron chi connectivity index (χ1n) is 5.34. The van der Waals surface area contributed by atoms with Crippen molar-refractivity contribution in [2.45, 2.75) is 39.7 Å². The largest absolute Gasteiger partial charge is 0.270 e. The molecule has 0 bridgehead atoms. The van der Waals surface area contributed by atoms with Crippen molar-refractivity contribution in [2.24, 2.45) is 0 Å². The molecule has 3 heteroatoms. The Balaban J connectivity index is 2.55. The van der Waals surface area contributed by atoms with Crippen LogP contribution in [0.5, 0.6) is 0 Å². The molecule has 0 aliphatic rings. The Kier molecular flexibility index (Phi) is 2.25. The number of hydrogen-bond donors (Lipinski definition) is 0. The SMILES string of the molecule is CCn1cc2cc(C(C)(C)C)cnc2n1. The third-order valence-electron chi connectivity index (χ3n) is 2.60. The minimum atomic E-state index is 0.148. The van der Waals surface area contributed by atoms with E-state index in [4.69, 9.17) is 0 Å². The van der Waals surface area contributed by atoms with Crippen molar-refractivity contribution in [2.75, 3.05) is 0 Å². The van der Waals surface area contributed by atoms with Crippen LogP contribution >= 0.6 is 0 Å². The molecule has 0 radical (unpaired) electrons. The summed E-state index contributed by atoms with van der Waals surface area (Å²) < 4.78 is 1.92. The van der Waals surface area contributed by atoms with Crippen LogP contribution in [0.15, 0.2) is 18.5 Å². The molecule has 2 aromatic heterocycles. The first kappa shape index (κ1) is 10.1. The summed E-state index contributed by atoms with van der Waals surface area (Å²) in [5.41, 5.74) is 2.24. The second-order valence-corrected chi connectivity index (χ2v) is 4.87. The third kappa shape index (κ3) is 1.87. The van der Waals surface area contributed by atoms with E-state index < -0.39 is 0 Å². The molecule has 0 aromatic carbocycles. The lowest BCUT2D eigenvalue weighted by molar-refractivity contribution is 0.588. The zero-order chi connectivity index (χ0) is 11.1. The fraction of sp³-hybridized carbons (Fsp3) is 0.500. The van der Waals surface area contributed by atoms with E-state index in [-0.39, 0.29) is 5.41 Å². The molecule has 2 heterocycles. The van der Waals surface area contributed by atoms with Gasteiger partial charge in [-0.25, -0.2) is 4.98 Å². The van der Waals surface area contributed by atoms with Crippen molar-refractivity contribution < 1.29 is 0 Å². The van der Waals surface area contributed by atoms with Gasteiger partial charge in [0.25, 0.3) is 0 Å². The van der Waals surface area contributed by atoms with Crippen molar-refractivity contribution in [3.05, 3.63) is 24.0 Å². The lowest BCUT2D eigenvalue weighted by Gasteiger charge is -2.17. The lowest BCUT2D eigenvalue weighted by atomic mass is 9.88. The van der Waals surface area contributed by atoms with Crippen molar-refractivity contribution in [3.8, 4) is 0 Å². The number of pyridine rings is 1. The van der Waals surface area contributed by atoms with Crippen LogP contribution in [0.2, 0.25) is 0 Å². The van der Waals surface area contributed by atoms with Gasteiger partial charge in [0.05, 0.1) is 0 Å². The molecule has 0 aliphatic carbocycles. The van der Waals surface area contributed by atoms with Gasteiger partial charge in [-0.15, -0.1) is 0 Å². The first-order valence-corrected chi connectivity index (χ1v) is 5.34. The number of aromatic nitrogens is 3. The maximum atomic E-state index is 4.38. The number of nitrogens with zero attached hydrogens (tertiary/aromatic N) is 3. The molecule has 0 aliphatic heterocycles. The highest BCUT2D eigenvalue weighted by atomic mass is 15.3. The Morgan fingerprint density at radius 3 is 2.67 bits per heavy atom. The molecule has 0 fully saturated rings. The second kappa shape index (κ2) is 3.33. The topological polar surface area (TPSA) is 30.7 Å². The van der Waals surface area contributed by atoms with Crippen LogP contribution in [0.25, 0.3) is 11.0 Å².